The number of carbonyl (C=O) groups excluding carboxylic acids is 1. The Morgan fingerprint density at radius 2 is 2.08 bits per heavy atom. The lowest BCUT2D eigenvalue weighted by molar-refractivity contribution is 0.0997. The number of carbonyl (C=O) groups is 1. The summed E-state index contributed by atoms with van der Waals surface area (Å²) >= 11 is 5.69. The molecule has 1 aromatic carbocycles. The van der Waals surface area contributed by atoms with Gasteiger partial charge < -0.3 is 14.8 Å². The zero-order valence-corrected chi connectivity index (χ0v) is 14.1. The van der Waals surface area contributed by atoms with E-state index in [-0.39, 0.29) is 23.5 Å². The second-order valence-electron chi connectivity index (χ2n) is 6.16. The Balaban J connectivity index is 1.59. The smallest absolute Gasteiger partial charge is 0.291 e. The number of amides is 1. The number of piperidine rings is 1. The lowest BCUT2D eigenvalue weighted by Crippen LogP contribution is -2.34. The van der Waals surface area contributed by atoms with E-state index < -0.39 is 0 Å². The van der Waals surface area contributed by atoms with Crippen LogP contribution in [0.1, 0.15) is 29.0 Å². The van der Waals surface area contributed by atoms with Gasteiger partial charge in [-0.1, -0.05) is 12.1 Å². The van der Waals surface area contributed by atoms with E-state index in [1.807, 2.05) is 18.2 Å². The van der Waals surface area contributed by atoms with E-state index in [1.165, 1.54) is 0 Å². The molecule has 24 heavy (non-hydrogen) atoms. The van der Waals surface area contributed by atoms with E-state index in [0.29, 0.717) is 5.92 Å². The highest BCUT2D eigenvalue weighted by atomic mass is 35.5. The third-order valence-corrected chi connectivity index (χ3v) is 4.56. The predicted molar refractivity (Wildman–Crippen MR) is 93.2 cm³/mol. The third-order valence-electron chi connectivity index (χ3n) is 4.35. The number of aliphatic hydroxyl groups excluding tert-OH is 1. The first-order valence-electron chi connectivity index (χ1n) is 8.13. The van der Waals surface area contributed by atoms with Crippen LogP contribution in [-0.4, -0.2) is 35.6 Å². The lowest BCUT2D eigenvalue weighted by Gasteiger charge is -2.31. The van der Waals surface area contributed by atoms with Gasteiger partial charge in [0.15, 0.2) is 11.0 Å². The molecule has 0 radical (unpaired) electrons. The Kier molecular flexibility index (Phi) is 5.56. The van der Waals surface area contributed by atoms with Crippen LogP contribution in [0.5, 0.6) is 0 Å². The normalized spacial score (nSPS) is 16.2. The van der Waals surface area contributed by atoms with Crippen LogP contribution in [0, 0.1) is 5.92 Å². The van der Waals surface area contributed by atoms with Crippen molar-refractivity contribution in [2.24, 2.45) is 5.92 Å². The van der Waals surface area contributed by atoms with Gasteiger partial charge >= 0.3 is 0 Å². The standard InChI is InChI=1S/C18H21ClN2O3/c19-17-5-4-16(24-17)18(23)20-15-3-1-2-14(10-15)11-21-8-6-13(12-22)7-9-21/h1-5,10,13,22H,6-9,11-12H2,(H,20,23). The van der Waals surface area contributed by atoms with Crippen molar-refractivity contribution < 1.29 is 14.3 Å². The summed E-state index contributed by atoms with van der Waals surface area (Å²) < 4.78 is 5.11. The minimum atomic E-state index is -0.317. The summed E-state index contributed by atoms with van der Waals surface area (Å²) in [7, 11) is 0. The highest BCUT2D eigenvalue weighted by molar-refractivity contribution is 6.29. The van der Waals surface area contributed by atoms with Crippen molar-refractivity contribution in [3.05, 3.63) is 52.9 Å². The van der Waals surface area contributed by atoms with E-state index in [2.05, 4.69) is 16.3 Å². The average Bonchev–Trinajstić information content (AvgIpc) is 3.02. The summed E-state index contributed by atoms with van der Waals surface area (Å²) in [5, 5.41) is 12.2. The molecule has 128 valence electrons. The monoisotopic (exact) mass is 348 g/mol. The number of benzene rings is 1. The van der Waals surface area contributed by atoms with Gasteiger partial charge in [-0.3, -0.25) is 9.69 Å². The van der Waals surface area contributed by atoms with E-state index in [9.17, 15) is 9.90 Å². The second kappa shape index (κ2) is 7.83. The zero-order chi connectivity index (χ0) is 16.9. The Labute approximate surface area is 146 Å². The van der Waals surface area contributed by atoms with Crippen molar-refractivity contribution in [1.82, 2.24) is 4.90 Å². The average molecular weight is 349 g/mol. The Hall–Kier alpha value is -1.82. The zero-order valence-electron chi connectivity index (χ0n) is 13.4. The minimum absolute atomic E-state index is 0.191. The van der Waals surface area contributed by atoms with Crippen LogP contribution in [0.2, 0.25) is 5.22 Å². The molecule has 0 saturated carbocycles. The SMILES string of the molecule is O=C(Nc1cccc(CN2CCC(CO)CC2)c1)c1ccc(Cl)o1. The van der Waals surface area contributed by atoms with Crippen molar-refractivity contribution in [2.45, 2.75) is 19.4 Å². The summed E-state index contributed by atoms with van der Waals surface area (Å²) in [6, 6.07) is 10.9. The van der Waals surface area contributed by atoms with Crippen LogP contribution in [0.3, 0.4) is 0 Å². The molecule has 3 rings (SSSR count). The number of nitrogens with one attached hydrogen (secondary N) is 1. The van der Waals surface area contributed by atoms with E-state index in [4.69, 9.17) is 16.0 Å². The van der Waals surface area contributed by atoms with Crippen molar-refractivity contribution in [3.8, 4) is 0 Å². The van der Waals surface area contributed by atoms with Crippen LogP contribution < -0.4 is 5.32 Å². The van der Waals surface area contributed by atoms with Crippen LogP contribution in [0.4, 0.5) is 5.69 Å². The molecule has 0 spiro atoms. The number of halogens is 1. The number of furan rings is 1. The van der Waals surface area contributed by atoms with Crippen LogP contribution in [0.15, 0.2) is 40.8 Å². The van der Waals surface area contributed by atoms with Gasteiger partial charge in [-0.05, 0) is 73.3 Å². The fourth-order valence-corrected chi connectivity index (χ4v) is 3.11. The number of hydrogen-bond acceptors (Lipinski definition) is 4. The number of rotatable bonds is 5. The first kappa shape index (κ1) is 17.0. The number of anilines is 1. The van der Waals surface area contributed by atoms with Crippen LogP contribution in [0.25, 0.3) is 0 Å². The van der Waals surface area contributed by atoms with Gasteiger partial charge in [-0.25, -0.2) is 0 Å². The maximum absolute atomic E-state index is 12.1. The Morgan fingerprint density at radius 1 is 1.29 bits per heavy atom. The molecule has 0 aliphatic carbocycles. The molecule has 1 aromatic heterocycles. The minimum Gasteiger partial charge on any atom is -0.440 e. The van der Waals surface area contributed by atoms with E-state index in [1.54, 1.807) is 12.1 Å². The molecular weight excluding hydrogens is 328 g/mol. The molecule has 2 N–H and O–H groups in total. The lowest BCUT2D eigenvalue weighted by atomic mass is 9.97. The fourth-order valence-electron chi connectivity index (χ4n) is 2.96. The molecule has 1 aliphatic heterocycles. The molecule has 2 aromatic rings. The van der Waals surface area contributed by atoms with Gasteiger partial charge in [0.2, 0.25) is 0 Å². The molecule has 5 nitrogen and oxygen atoms in total. The highest BCUT2D eigenvalue weighted by Gasteiger charge is 2.18. The van der Waals surface area contributed by atoms with Gasteiger partial charge in [0.05, 0.1) is 0 Å². The topological polar surface area (TPSA) is 65.7 Å². The van der Waals surface area contributed by atoms with Gasteiger partial charge in [0.1, 0.15) is 0 Å². The maximum atomic E-state index is 12.1. The molecule has 0 bridgehead atoms. The second-order valence-corrected chi connectivity index (χ2v) is 6.53. The van der Waals surface area contributed by atoms with Crippen molar-refractivity contribution in [3.63, 3.8) is 0 Å². The summed E-state index contributed by atoms with van der Waals surface area (Å²) in [6.45, 7) is 3.11. The van der Waals surface area contributed by atoms with E-state index in [0.717, 1.165) is 43.7 Å². The van der Waals surface area contributed by atoms with Gasteiger partial charge in [-0.15, -0.1) is 0 Å². The first-order valence-corrected chi connectivity index (χ1v) is 8.50. The Morgan fingerprint density at radius 3 is 2.75 bits per heavy atom. The molecule has 0 atom stereocenters. The number of nitrogens with zero attached hydrogens (tertiary/aromatic N) is 1. The molecule has 1 aliphatic rings. The highest BCUT2D eigenvalue weighted by Crippen LogP contribution is 2.20. The summed E-state index contributed by atoms with van der Waals surface area (Å²) in [5.74, 6) is 0.311. The predicted octanol–water partition coefficient (Wildman–Crippen LogP) is 3.39. The van der Waals surface area contributed by atoms with Crippen molar-refractivity contribution >= 4 is 23.2 Å². The third kappa shape index (κ3) is 4.38. The first-order chi connectivity index (χ1) is 11.6. The van der Waals surface area contributed by atoms with Gasteiger partial charge in [0.25, 0.3) is 5.91 Å². The van der Waals surface area contributed by atoms with Gasteiger partial charge in [0, 0.05) is 18.8 Å². The van der Waals surface area contributed by atoms with Gasteiger partial charge in [-0.2, -0.15) is 0 Å². The summed E-state index contributed by atoms with van der Waals surface area (Å²) in [5.41, 5.74) is 1.88. The fraction of sp³-hybridized carbons (Fsp3) is 0.389. The maximum Gasteiger partial charge on any atom is 0.291 e. The van der Waals surface area contributed by atoms with Crippen LogP contribution in [-0.2, 0) is 6.54 Å². The molecule has 1 amide bonds. The van der Waals surface area contributed by atoms with E-state index >= 15 is 0 Å². The quantitative estimate of drug-likeness (QED) is 0.869. The molecule has 6 heteroatoms. The number of likely N-dealkylation sites (tertiary alicyclic amines) is 1. The molecule has 1 saturated heterocycles. The van der Waals surface area contributed by atoms with Crippen molar-refractivity contribution in [2.75, 3.05) is 25.0 Å². The summed E-state index contributed by atoms with van der Waals surface area (Å²) in [6.07, 6.45) is 2.07. The molecule has 0 unspecified atom stereocenters. The number of aliphatic hydroxyl groups is 1. The largest absolute Gasteiger partial charge is 0.440 e. The molecule has 1 fully saturated rings. The number of hydrogen-bond donors (Lipinski definition) is 2. The Bertz CT molecular complexity index is 693. The summed E-state index contributed by atoms with van der Waals surface area (Å²) in [4.78, 5) is 14.5. The molecule has 2 heterocycles. The van der Waals surface area contributed by atoms with Crippen molar-refractivity contribution in [1.29, 1.82) is 0 Å². The molecular formula is C18H21ClN2O3. The van der Waals surface area contributed by atoms with Crippen LogP contribution >= 0.6 is 11.6 Å².